The van der Waals surface area contributed by atoms with E-state index < -0.39 is 16.9 Å². The number of thiazole rings is 1. The van der Waals surface area contributed by atoms with E-state index in [1.54, 1.807) is 25.1 Å². The fourth-order valence-corrected chi connectivity index (χ4v) is 5.15. The van der Waals surface area contributed by atoms with Crippen molar-refractivity contribution in [3.8, 4) is 0 Å². The van der Waals surface area contributed by atoms with Crippen molar-refractivity contribution in [2.45, 2.75) is 32.7 Å². The highest BCUT2D eigenvalue weighted by atomic mass is 32.1. The number of methoxy groups -OCH3 is 1. The molecule has 1 aromatic heterocycles. The van der Waals surface area contributed by atoms with E-state index in [2.05, 4.69) is 18.8 Å². The summed E-state index contributed by atoms with van der Waals surface area (Å²) >= 11 is 1.20. The summed E-state index contributed by atoms with van der Waals surface area (Å²) in [5, 5.41) is 11.0. The predicted molar refractivity (Wildman–Crippen MR) is 140 cm³/mol. The minimum Gasteiger partial charge on any atom is -0.460 e. The molecule has 192 valence electrons. The van der Waals surface area contributed by atoms with E-state index in [-0.39, 0.29) is 24.5 Å². The number of esters is 1. The van der Waals surface area contributed by atoms with Crippen LogP contribution in [-0.4, -0.2) is 35.8 Å². The number of allylic oxidation sites excluding steroid dienone is 1. The Kier molecular flexibility index (Phi) is 7.80. The first-order chi connectivity index (χ1) is 17.7. The van der Waals surface area contributed by atoms with Crippen LogP contribution in [0.25, 0.3) is 6.08 Å². The highest BCUT2D eigenvalue weighted by Crippen LogP contribution is 2.31. The highest BCUT2D eigenvalue weighted by molar-refractivity contribution is 7.07. The van der Waals surface area contributed by atoms with Gasteiger partial charge in [-0.25, -0.2) is 9.79 Å². The molecule has 0 saturated carbocycles. The van der Waals surface area contributed by atoms with Gasteiger partial charge in [0, 0.05) is 19.2 Å². The van der Waals surface area contributed by atoms with Gasteiger partial charge < -0.3 is 9.47 Å². The number of carbonyl (C=O) groups excluding carboxylic acids is 1. The Morgan fingerprint density at radius 1 is 1.16 bits per heavy atom. The van der Waals surface area contributed by atoms with E-state index in [0.717, 1.165) is 11.1 Å². The van der Waals surface area contributed by atoms with Crippen molar-refractivity contribution in [2.24, 2.45) is 4.99 Å². The molecule has 0 saturated heterocycles. The molecule has 10 heteroatoms. The molecule has 1 atom stereocenters. The van der Waals surface area contributed by atoms with E-state index >= 15 is 0 Å². The van der Waals surface area contributed by atoms with Gasteiger partial charge in [-0.2, -0.15) is 0 Å². The van der Waals surface area contributed by atoms with E-state index in [1.807, 2.05) is 24.3 Å². The number of benzene rings is 2. The Morgan fingerprint density at radius 3 is 2.43 bits per heavy atom. The van der Waals surface area contributed by atoms with E-state index in [4.69, 9.17) is 9.47 Å². The van der Waals surface area contributed by atoms with Gasteiger partial charge in [0.2, 0.25) is 0 Å². The zero-order valence-corrected chi connectivity index (χ0v) is 21.8. The SMILES string of the molecule is COCCOC(=O)C1=C(C)N=c2sc(=Cc3ccc([N+](=O)[O-])cc3)c(=O)n2C1c1ccc(C(C)C)cc1. The van der Waals surface area contributed by atoms with Crippen LogP contribution in [0.1, 0.15) is 49.4 Å². The van der Waals surface area contributed by atoms with Crippen molar-refractivity contribution in [3.05, 3.63) is 106 Å². The van der Waals surface area contributed by atoms with Crippen LogP contribution in [0, 0.1) is 10.1 Å². The van der Waals surface area contributed by atoms with Crippen LogP contribution in [0.4, 0.5) is 5.69 Å². The molecule has 0 aliphatic carbocycles. The zero-order chi connectivity index (χ0) is 26.7. The van der Waals surface area contributed by atoms with Crippen molar-refractivity contribution in [2.75, 3.05) is 20.3 Å². The van der Waals surface area contributed by atoms with Crippen LogP contribution in [0.2, 0.25) is 0 Å². The number of fused-ring (bicyclic) bond motifs is 1. The van der Waals surface area contributed by atoms with Gasteiger partial charge in [-0.05, 0) is 47.7 Å². The van der Waals surface area contributed by atoms with Crippen molar-refractivity contribution in [1.29, 1.82) is 0 Å². The third-order valence-electron chi connectivity index (χ3n) is 6.08. The Hall–Kier alpha value is -3.89. The summed E-state index contributed by atoms with van der Waals surface area (Å²) in [5.74, 6) is -0.227. The van der Waals surface area contributed by atoms with E-state index in [1.165, 1.54) is 35.1 Å². The van der Waals surface area contributed by atoms with Gasteiger partial charge in [-0.3, -0.25) is 19.5 Å². The number of hydrogen-bond acceptors (Lipinski definition) is 8. The summed E-state index contributed by atoms with van der Waals surface area (Å²) in [6.07, 6.45) is 1.67. The molecule has 0 spiro atoms. The van der Waals surface area contributed by atoms with Gasteiger partial charge >= 0.3 is 5.97 Å². The van der Waals surface area contributed by atoms with Gasteiger partial charge in [-0.1, -0.05) is 49.4 Å². The van der Waals surface area contributed by atoms with Gasteiger partial charge in [0.25, 0.3) is 11.2 Å². The molecule has 1 aliphatic heterocycles. The Balaban J connectivity index is 1.85. The first kappa shape index (κ1) is 26.2. The number of hydrogen-bond donors (Lipinski definition) is 0. The Labute approximate surface area is 217 Å². The normalized spacial score (nSPS) is 15.5. The zero-order valence-electron chi connectivity index (χ0n) is 21.0. The molecule has 9 nitrogen and oxygen atoms in total. The monoisotopic (exact) mass is 521 g/mol. The average Bonchev–Trinajstić information content (AvgIpc) is 3.17. The molecule has 1 unspecified atom stereocenters. The summed E-state index contributed by atoms with van der Waals surface area (Å²) in [7, 11) is 1.52. The number of carbonyl (C=O) groups is 1. The lowest BCUT2D eigenvalue weighted by atomic mass is 9.93. The maximum absolute atomic E-state index is 13.7. The topological polar surface area (TPSA) is 113 Å². The third-order valence-corrected chi connectivity index (χ3v) is 7.07. The molecule has 4 rings (SSSR count). The average molecular weight is 522 g/mol. The van der Waals surface area contributed by atoms with Crippen molar-refractivity contribution >= 4 is 29.1 Å². The molecule has 0 N–H and O–H groups in total. The summed E-state index contributed by atoms with van der Waals surface area (Å²) in [6.45, 7) is 6.25. The van der Waals surface area contributed by atoms with Crippen molar-refractivity contribution < 1.29 is 19.2 Å². The molecule has 3 aromatic rings. The van der Waals surface area contributed by atoms with Crippen LogP contribution in [-0.2, 0) is 14.3 Å². The van der Waals surface area contributed by atoms with Crippen LogP contribution in [0.5, 0.6) is 0 Å². The molecular weight excluding hydrogens is 494 g/mol. The minimum atomic E-state index is -0.716. The standard InChI is InChI=1S/C27H27N3O6S/c1-16(2)19-7-9-20(10-8-19)24-23(26(32)36-14-13-35-4)17(3)28-27-29(24)25(31)22(37-27)15-18-5-11-21(12-6-18)30(33)34/h5-12,15-16,24H,13-14H2,1-4H3. The molecule has 0 radical (unpaired) electrons. The summed E-state index contributed by atoms with van der Waals surface area (Å²) in [4.78, 5) is 42.4. The second kappa shape index (κ2) is 11.0. The molecule has 2 heterocycles. The van der Waals surface area contributed by atoms with Crippen molar-refractivity contribution in [3.63, 3.8) is 0 Å². The van der Waals surface area contributed by atoms with Crippen LogP contribution in [0.3, 0.4) is 0 Å². The number of rotatable bonds is 8. The quantitative estimate of drug-likeness (QED) is 0.194. The number of nitro groups is 1. The molecular formula is C27H27N3O6S. The van der Waals surface area contributed by atoms with Gasteiger partial charge in [0.15, 0.2) is 4.80 Å². The van der Waals surface area contributed by atoms with Crippen LogP contribution < -0.4 is 14.9 Å². The van der Waals surface area contributed by atoms with Crippen LogP contribution >= 0.6 is 11.3 Å². The summed E-state index contributed by atoms with van der Waals surface area (Å²) < 4.78 is 12.4. The largest absolute Gasteiger partial charge is 0.460 e. The van der Waals surface area contributed by atoms with E-state index in [9.17, 15) is 19.7 Å². The summed E-state index contributed by atoms with van der Waals surface area (Å²) in [5.41, 5.74) is 2.97. The van der Waals surface area contributed by atoms with Crippen LogP contribution in [0.15, 0.2) is 69.6 Å². The number of nitrogens with zero attached hydrogens (tertiary/aromatic N) is 3. The maximum Gasteiger partial charge on any atom is 0.338 e. The highest BCUT2D eigenvalue weighted by Gasteiger charge is 2.33. The minimum absolute atomic E-state index is 0.0318. The number of aromatic nitrogens is 1. The van der Waals surface area contributed by atoms with E-state index in [0.29, 0.717) is 32.1 Å². The lowest BCUT2D eigenvalue weighted by molar-refractivity contribution is -0.384. The molecule has 1 aliphatic rings. The molecule has 37 heavy (non-hydrogen) atoms. The molecule has 0 bridgehead atoms. The molecule has 0 fully saturated rings. The lowest BCUT2D eigenvalue weighted by Gasteiger charge is -2.25. The smallest absolute Gasteiger partial charge is 0.338 e. The van der Waals surface area contributed by atoms with Gasteiger partial charge in [0.05, 0.1) is 33.4 Å². The van der Waals surface area contributed by atoms with Gasteiger partial charge in [0.1, 0.15) is 6.61 Å². The lowest BCUT2D eigenvalue weighted by Crippen LogP contribution is -2.40. The first-order valence-corrected chi connectivity index (χ1v) is 12.6. The first-order valence-electron chi connectivity index (χ1n) is 11.7. The fraction of sp³-hybridized carbons (Fsp3) is 0.296. The number of nitro benzene ring substituents is 1. The molecule has 0 amide bonds. The van der Waals surface area contributed by atoms with Gasteiger partial charge in [-0.15, -0.1) is 0 Å². The Morgan fingerprint density at radius 2 is 1.84 bits per heavy atom. The predicted octanol–water partition coefficient (Wildman–Crippen LogP) is 3.46. The third kappa shape index (κ3) is 5.45. The fourth-order valence-electron chi connectivity index (χ4n) is 4.10. The Bertz CT molecular complexity index is 1530. The second-order valence-corrected chi connectivity index (χ2v) is 9.89. The number of ether oxygens (including phenoxy) is 2. The number of non-ortho nitro benzene ring substituents is 1. The summed E-state index contributed by atoms with van der Waals surface area (Å²) in [6, 6.07) is 13.1. The van der Waals surface area contributed by atoms with Crippen molar-refractivity contribution in [1.82, 2.24) is 4.57 Å². The molecule has 2 aromatic carbocycles. The maximum atomic E-state index is 13.7. The second-order valence-electron chi connectivity index (χ2n) is 8.88.